The van der Waals surface area contributed by atoms with Gasteiger partial charge in [0.1, 0.15) is 5.75 Å². The summed E-state index contributed by atoms with van der Waals surface area (Å²) in [6.07, 6.45) is 4.26. The summed E-state index contributed by atoms with van der Waals surface area (Å²) < 4.78 is 5.91. The lowest BCUT2D eigenvalue weighted by atomic mass is 10.2. The van der Waals surface area contributed by atoms with Crippen LogP contribution in [0.25, 0.3) is 0 Å². The molecule has 5 nitrogen and oxygen atoms in total. The third-order valence-electron chi connectivity index (χ3n) is 3.58. The molecule has 8 heteroatoms. The van der Waals surface area contributed by atoms with E-state index in [4.69, 9.17) is 51.3 Å². The second-order valence-electron chi connectivity index (χ2n) is 5.36. The van der Waals surface area contributed by atoms with E-state index in [0.717, 1.165) is 30.6 Å². The average molecular weight is 374 g/mol. The van der Waals surface area contributed by atoms with Crippen LogP contribution in [0.2, 0.25) is 10.0 Å². The van der Waals surface area contributed by atoms with Gasteiger partial charge in [0, 0.05) is 6.07 Å². The molecule has 1 fully saturated rings. The number of carbonyl (C=O) groups excluding carboxylic acids is 1. The largest absolute Gasteiger partial charge is 0.489 e. The van der Waals surface area contributed by atoms with Gasteiger partial charge < -0.3 is 10.5 Å². The Morgan fingerprint density at radius 3 is 2.48 bits per heavy atom. The number of amides is 1. The van der Waals surface area contributed by atoms with Gasteiger partial charge >= 0.3 is 0 Å². The number of halogens is 2. The molecule has 3 N–H and O–H groups in total. The number of anilines is 1. The van der Waals surface area contributed by atoms with E-state index in [-0.39, 0.29) is 27.6 Å². The minimum atomic E-state index is -0.645. The number of carbonyl (C=O) groups is 1. The first-order valence-electron chi connectivity index (χ1n) is 7.16. The Morgan fingerprint density at radius 2 is 1.96 bits per heavy atom. The van der Waals surface area contributed by atoms with E-state index in [1.807, 2.05) is 0 Å². The van der Waals surface area contributed by atoms with Crippen LogP contribution in [0.1, 0.15) is 32.6 Å². The highest BCUT2D eigenvalue weighted by Gasteiger charge is 2.25. The fraction of sp³-hybridized carbons (Fsp3) is 0.400. The zero-order valence-corrected chi connectivity index (χ0v) is 14.9. The van der Waals surface area contributed by atoms with E-state index in [1.165, 1.54) is 13.0 Å². The summed E-state index contributed by atoms with van der Waals surface area (Å²) in [5.74, 6) is -0.219. The zero-order valence-electron chi connectivity index (χ0n) is 12.6. The van der Waals surface area contributed by atoms with E-state index in [2.05, 4.69) is 0 Å². The Morgan fingerprint density at radius 1 is 1.35 bits per heavy atom. The van der Waals surface area contributed by atoms with Crippen LogP contribution in [-0.4, -0.2) is 22.8 Å². The van der Waals surface area contributed by atoms with Crippen molar-refractivity contribution in [3.05, 3.63) is 22.2 Å². The lowest BCUT2D eigenvalue weighted by Gasteiger charge is -2.23. The summed E-state index contributed by atoms with van der Waals surface area (Å²) in [7, 11) is 0. The van der Waals surface area contributed by atoms with Crippen molar-refractivity contribution >= 4 is 57.8 Å². The molecule has 1 aromatic carbocycles. The molecule has 1 aliphatic rings. The lowest BCUT2D eigenvalue weighted by molar-refractivity contribution is -0.111. The van der Waals surface area contributed by atoms with Crippen molar-refractivity contribution in [2.75, 3.05) is 4.90 Å². The maximum absolute atomic E-state index is 12.2. The molecule has 0 aromatic heterocycles. The second-order valence-corrected chi connectivity index (χ2v) is 6.59. The highest BCUT2D eigenvalue weighted by atomic mass is 35.5. The van der Waals surface area contributed by atoms with Crippen molar-refractivity contribution in [2.45, 2.75) is 38.7 Å². The summed E-state index contributed by atoms with van der Waals surface area (Å²) in [5.41, 5.74) is 5.69. The third-order valence-corrected chi connectivity index (χ3v) is 4.36. The van der Waals surface area contributed by atoms with Crippen LogP contribution in [0.4, 0.5) is 5.69 Å². The molecule has 0 saturated heterocycles. The second kappa shape index (κ2) is 7.47. The van der Waals surface area contributed by atoms with Crippen LogP contribution < -0.4 is 15.4 Å². The van der Waals surface area contributed by atoms with Crippen LogP contribution in [0.15, 0.2) is 12.1 Å². The van der Waals surface area contributed by atoms with Crippen molar-refractivity contribution in [3.8, 4) is 5.75 Å². The van der Waals surface area contributed by atoms with Gasteiger partial charge in [0.15, 0.2) is 5.11 Å². The van der Waals surface area contributed by atoms with Crippen molar-refractivity contribution in [3.63, 3.8) is 0 Å². The maximum Gasteiger partial charge on any atom is 0.278 e. The van der Waals surface area contributed by atoms with Crippen LogP contribution in [-0.2, 0) is 4.79 Å². The molecule has 1 aromatic rings. The van der Waals surface area contributed by atoms with Gasteiger partial charge in [-0.25, -0.2) is 0 Å². The number of rotatable bonds is 4. The Hall–Kier alpha value is -1.37. The number of nitrogens with one attached hydrogen (secondary N) is 1. The van der Waals surface area contributed by atoms with E-state index in [9.17, 15) is 4.79 Å². The summed E-state index contributed by atoms with van der Waals surface area (Å²) >= 11 is 17.3. The molecule has 0 atom stereocenters. The molecule has 1 aliphatic carbocycles. The van der Waals surface area contributed by atoms with E-state index in [1.54, 1.807) is 6.07 Å². The number of thiocarbonyl (C=S) groups is 1. The fourth-order valence-corrected chi connectivity index (χ4v) is 3.16. The fourth-order valence-electron chi connectivity index (χ4n) is 2.46. The molecule has 1 amide bonds. The summed E-state index contributed by atoms with van der Waals surface area (Å²) in [5, 5.41) is 7.88. The van der Waals surface area contributed by atoms with Gasteiger partial charge in [-0.15, -0.1) is 0 Å². The molecular weight excluding hydrogens is 357 g/mol. The normalized spacial score (nSPS) is 14.6. The molecule has 0 heterocycles. The predicted molar refractivity (Wildman–Crippen MR) is 97.0 cm³/mol. The summed E-state index contributed by atoms with van der Waals surface area (Å²) in [6, 6.07) is 3.03. The Bertz CT molecular complexity index is 660. The highest BCUT2D eigenvalue weighted by Crippen LogP contribution is 2.38. The molecule has 2 rings (SSSR count). The van der Waals surface area contributed by atoms with Crippen LogP contribution >= 0.6 is 35.4 Å². The average Bonchev–Trinajstić information content (AvgIpc) is 2.96. The number of ether oxygens (including phenoxy) is 1. The van der Waals surface area contributed by atoms with E-state index in [0.29, 0.717) is 10.8 Å². The van der Waals surface area contributed by atoms with Crippen LogP contribution in [0.5, 0.6) is 5.75 Å². The van der Waals surface area contributed by atoms with Gasteiger partial charge in [-0.05, 0) is 50.9 Å². The summed E-state index contributed by atoms with van der Waals surface area (Å²) in [6.45, 7) is 1.35. The smallest absolute Gasteiger partial charge is 0.278 e. The summed E-state index contributed by atoms with van der Waals surface area (Å²) in [4.78, 5) is 13.2. The Balaban J connectivity index is 2.41. The topological polar surface area (TPSA) is 79.4 Å². The van der Waals surface area contributed by atoms with Gasteiger partial charge in [-0.1, -0.05) is 23.2 Å². The number of nitrogens with two attached hydrogens (primary N) is 1. The first kappa shape index (κ1) is 18.0. The zero-order chi connectivity index (χ0) is 17.1. The standard InChI is InChI=1S/C15H17Cl2N3O2S/c1-8(18)14(21)20(15(19)23)12-7-13(11(17)6-10(12)16)22-9-4-2-3-5-9/h6-7,9,18H,2-5H2,1H3,(H2,19,23). The molecule has 1 saturated carbocycles. The van der Waals surface area contributed by atoms with Gasteiger partial charge in [0.25, 0.3) is 5.91 Å². The van der Waals surface area contributed by atoms with Gasteiger partial charge in [0.05, 0.1) is 27.5 Å². The van der Waals surface area contributed by atoms with Crippen molar-refractivity contribution in [1.82, 2.24) is 0 Å². The van der Waals surface area contributed by atoms with Crippen molar-refractivity contribution in [1.29, 1.82) is 5.41 Å². The van der Waals surface area contributed by atoms with E-state index >= 15 is 0 Å². The van der Waals surface area contributed by atoms with Crippen molar-refractivity contribution in [2.24, 2.45) is 5.73 Å². The number of benzene rings is 1. The Labute approximate surface area is 150 Å². The lowest BCUT2D eigenvalue weighted by Crippen LogP contribution is -2.43. The van der Waals surface area contributed by atoms with Gasteiger partial charge in [-0.2, -0.15) is 0 Å². The van der Waals surface area contributed by atoms with E-state index < -0.39 is 5.91 Å². The SMILES string of the molecule is CC(=N)C(=O)N(C(N)=S)c1cc(OC2CCCC2)c(Cl)cc1Cl. The maximum atomic E-state index is 12.2. The minimum Gasteiger partial charge on any atom is -0.489 e. The molecule has 124 valence electrons. The minimum absolute atomic E-state index is 0.0972. The van der Waals surface area contributed by atoms with Gasteiger partial charge in [-0.3, -0.25) is 15.1 Å². The molecule has 0 spiro atoms. The number of nitrogens with zero attached hydrogens (tertiary/aromatic N) is 1. The number of hydrogen-bond donors (Lipinski definition) is 2. The first-order valence-corrected chi connectivity index (χ1v) is 8.32. The molecular formula is C15H17Cl2N3O2S. The predicted octanol–water partition coefficient (Wildman–Crippen LogP) is 3.93. The molecule has 0 bridgehead atoms. The van der Waals surface area contributed by atoms with Crippen LogP contribution in [0.3, 0.4) is 0 Å². The number of hydrogen-bond acceptors (Lipinski definition) is 4. The highest BCUT2D eigenvalue weighted by molar-refractivity contribution is 7.80. The molecule has 23 heavy (non-hydrogen) atoms. The van der Waals surface area contributed by atoms with Crippen molar-refractivity contribution < 1.29 is 9.53 Å². The van der Waals surface area contributed by atoms with Gasteiger partial charge in [0.2, 0.25) is 0 Å². The quantitative estimate of drug-likeness (QED) is 0.618. The molecule has 0 aliphatic heterocycles. The third kappa shape index (κ3) is 4.13. The monoisotopic (exact) mass is 373 g/mol. The van der Waals surface area contributed by atoms with Crippen LogP contribution in [0, 0.1) is 5.41 Å². The molecule has 0 unspecified atom stereocenters. The first-order chi connectivity index (χ1) is 10.8. The Kier molecular flexibility index (Phi) is 5.84. The molecule has 0 radical (unpaired) electrons.